The average molecular weight is 260 g/mol. The average Bonchev–Trinajstić information content (AvgIpc) is 2.85. The summed E-state index contributed by atoms with van der Waals surface area (Å²) in [4.78, 5) is 26.0. The van der Waals surface area contributed by atoms with Crippen LogP contribution in [0, 0.1) is 24.0 Å². The van der Waals surface area contributed by atoms with Gasteiger partial charge in [0.25, 0.3) is 5.69 Å². The van der Waals surface area contributed by atoms with Crippen LogP contribution in [0.2, 0.25) is 0 Å². The van der Waals surface area contributed by atoms with Crippen molar-refractivity contribution >= 4 is 17.4 Å². The fourth-order valence-corrected chi connectivity index (χ4v) is 1.73. The van der Waals surface area contributed by atoms with Crippen LogP contribution in [0.15, 0.2) is 30.9 Å². The van der Waals surface area contributed by atoms with Gasteiger partial charge in [-0.15, -0.1) is 0 Å². The number of aromatic nitrogens is 2. The van der Waals surface area contributed by atoms with Gasteiger partial charge in [-0.05, 0) is 25.5 Å². The number of anilines is 1. The van der Waals surface area contributed by atoms with Crippen LogP contribution in [-0.4, -0.2) is 20.5 Å². The normalized spacial score (nSPS) is 10.2. The summed E-state index contributed by atoms with van der Waals surface area (Å²) in [5, 5.41) is 13.5. The van der Waals surface area contributed by atoms with E-state index in [1.54, 1.807) is 19.9 Å². The maximum absolute atomic E-state index is 11.8. The Hall–Kier alpha value is -2.70. The minimum atomic E-state index is -0.471. The number of carbonyl (C=O) groups is 1. The van der Waals surface area contributed by atoms with Gasteiger partial charge in [-0.1, -0.05) is 0 Å². The Balaban J connectivity index is 2.32. The smallest absolute Gasteiger partial charge is 0.307 e. The number of rotatable bonds is 2. The molecule has 7 nitrogen and oxygen atoms in total. The van der Waals surface area contributed by atoms with Crippen molar-refractivity contribution in [1.29, 1.82) is 0 Å². The van der Waals surface area contributed by atoms with E-state index in [0.29, 0.717) is 11.3 Å². The fourth-order valence-electron chi connectivity index (χ4n) is 1.73. The lowest BCUT2D eigenvalue weighted by Crippen LogP contribution is -2.18. The third kappa shape index (κ3) is 2.59. The third-order valence-electron chi connectivity index (χ3n) is 2.72. The van der Waals surface area contributed by atoms with Gasteiger partial charge < -0.3 is 5.32 Å². The molecule has 2 rings (SSSR count). The summed E-state index contributed by atoms with van der Waals surface area (Å²) in [5.74, 6) is 0. The number of nitro benzene ring substituents is 1. The van der Waals surface area contributed by atoms with Crippen LogP contribution in [0.5, 0.6) is 0 Å². The maximum atomic E-state index is 11.8. The van der Waals surface area contributed by atoms with Crippen molar-refractivity contribution in [3.8, 4) is 0 Å². The van der Waals surface area contributed by atoms with Crippen molar-refractivity contribution in [2.24, 2.45) is 0 Å². The lowest BCUT2D eigenvalue weighted by Gasteiger charge is -2.09. The standard InChI is InChI=1S/C12H12N4O3/c1-8-5-9(2)11(16(18)19)6-10(8)14-12(17)15-4-3-13-7-15/h3-7H,1-2H3,(H,14,17). The van der Waals surface area contributed by atoms with E-state index >= 15 is 0 Å². The summed E-state index contributed by atoms with van der Waals surface area (Å²) in [6.07, 6.45) is 4.32. The summed E-state index contributed by atoms with van der Waals surface area (Å²) in [7, 11) is 0. The first kappa shape index (κ1) is 12.7. The number of imidazole rings is 1. The molecule has 1 amide bonds. The van der Waals surface area contributed by atoms with Crippen molar-refractivity contribution in [1.82, 2.24) is 9.55 Å². The van der Waals surface area contributed by atoms with Crippen LogP contribution in [0.3, 0.4) is 0 Å². The van der Waals surface area contributed by atoms with Gasteiger partial charge in [-0.2, -0.15) is 0 Å². The second kappa shape index (κ2) is 4.89. The first-order valence-corrected chi connectivity index (χ1v) is 5.54. The minimum Gasteiger partial charge on any atom is -0.307 e. The number of hydrogen-bond donors (Lipinski definition) is 1. The van der Waals surface area contributed by atoms with Gasteiger partial charge in [0.05, 0.1) is 10.6 Å². The quantitative estimate of drug-likeness (QED) is 0.663. The number of benzene rings is 1. The van der Waals surface area contributed by atoms with E-state index in [1.807, 2.05) is 0 Å². The van der Waals surface area contributed by atoms with Crippen molar-refractivity contribution in [2.75, 3.05) is 5.32 Å². The maximum Gasteiger partial charge on any atom is 0.331 e. The molecule has 0 fully saturated rings. The Labute approximate surface area is 109 Å². The first-order chi connectivity index (χ1) is 8.99. The molecule has 2 aromatic rings. The lowest BCUT2D eigenvalue weighted by atomic mass is 10.1. The molecule has 0 radical (unpaired) electrons. The van der Waals surface area contributed by atoms with E-state index in [9.17, 15) is 14.9 Å². The van der Waals surface area contributed by atoms with E-state index < -0.39 is 11.0 Å². The second-order valence-corrected chi connectivity index (χ2v) is 4.11. The number of hydrogen-bond acceptors (Lipinski definition) is 4. The molecule has 0 atom stereocenters. The highest BCUT2D eigenvalue weighted by atomic mass is 16.6. The molecule has 98 valence electrons. The van der Waals surface area contributed by atoms with Crippen molar-refractivity contribution in [3.63, 3.8) is 0 Å². The second-order valence-electron chi connectivity index (χ2n) is 4.11. The third-order valence-corrected chi connectivity index (χ3v) is 2.72. The van der Waals surface area contributed by atoms with Gasteiger partial charge in [0, 0.05) is 24.0 Å². The predicted molar refractivity (Wildman–Crippen MR) is 69.2 cm³/mol. The van der Waals surface area contributed by atoms with Crippen molar-refractivity contribution < 1.29 is 9.72 Å². The van der Waals surface area contributed by atoms with Gasteiger partial charge >= 0.3 is 6.03 Å². The number of amides is 1. The Kier molecular flexibility index (Phi) is 3.28. The number of nitro groups is 1. The molecule has 0 aliphatic carbocycles. The van der Waals surface area contributed by atoms with Crippen molar-refractivity contribution in [3.05, 3.63) is 52.1 Å². The van der Waals surface area contributed by atoms with Gasteiger partial charge in [0.15, 0.2) is 0 Å². The first-order valence-electron chi connectivity index (χ1n) is 5.54. The molecule has 1 aromatic heterocycles. The molecule has 1 N–H and O–H groups in total. The van der Waals surface area contributed by atoms with E-state index in [2.05, 4.69) is 10.3 Å². The number of nitrogens with one attached hydrogen (secondary N) is 1. The zero-order valence-corrected chi connectivity index (χ0v) is 10.5. The summed E-state index contributed by atoms with van der Waals surface area (Å²) in [5.41, 5.74) is 1.71. The monoisotopic (exact) mass is 260 g/mol. The van der Waals surface area contributed by atoms with Crippen LogP contribution in [0.25, 0.3) is 0 Å². The molecule has 0 aliphatic rings. The van der Waals surface area contributed by atoms with E-state index in [-0.39, 0.29) is 5.69 Å². The molecular formula is C12H12N4O3. The molecule has 7 heteroatoms. The van der Waals surface area contributed by atoms with Crippen LogP contribution in [-0.2, 0) is 0 Å². The van der Waals surface area contributed by atoms with E-state index in [1.165, 1.54) is 29.4 Å². The van der Waals surface area contributed by atoms with Crippen molar-refractivity contribution in [2.45, 2.75) is 13.8 Å². The van der Waals surface area contributed by atoms with Crippen LogP contribution < -0.4 is 5.32 Å². The molecular weight excluding hydrogens is 248 g/mol. The van der Waals surface area contributed by atoms with Gasteiger partial charge in [0.1, 0.15) is 6.33 Å². The Morgan fingerprint density at radius 1 is 1.37 bits per heavy atom. The molecule has 0 spiro atoms. The number of nitrogens with zero attached hydrogens (tertiary/aromatic N) is 3. The number of aryl methyl sites for hydroxylation is 2. The lowest BCUT2D eigenvalue weighted by molar-refractivity contribution is -0.385. The van der Waals surface area contributed by atoms with Crippen LogP contribution in [0.1, 0.15) is 11.1 Å². The minimum absolute atomic E-state index is 0.0217. The largest absolute Gasteiger partial charge is 0.331 e. The molecule has 0 saturated carbocycles. The molecule has 1 aromatic carbocycles. The molecule has 0 bridgehead atoms. The molecule has 19 heavy (non-hydrogen) atoms. The zero-order chi connectivity index (χ0) is 14.0. The highest BCUT2D eigenvalue weighted by Crippen LogP contribution is 2.26. The van der Waals surface area contributed by atoms with E-state index in [0.717, 1.165) is 5.56 Å². The van der Waals surface area contributed by atoms with Gasteiger partial charge in [-0.3, -0.25) is 14.7 Å². The Bertz CT molecular complexity index is 635. The van der Waals surface area contributed by atoms with Crippen LogP contribution >= 0.6 is 0 Å². The topological polar surface area (TPSA) is 90.1 Å². The Morgan fingerprint density at radius 3 is 2.68 bits per heavy atom. The van der Waals surface area contributed by atoms with Gasteiger partial charge in [-0.25, -0.2) is 9.78 Å². The molecule has 1 heterocycles. The van der Waals surface area contributed by atoms with E-state index in [4.69, 9.17) is 0 Å². The summed E-state index contributed by atoms with van der Waals surface area (Å²) in [6.45, 7) is 3.44. The summed E-state index contributed by atoms with van der Waals surface area (Å²) >= 11 is 0. The number of carbonyl (C=O) groups excluding carboxylic acids is 1. The SMILES string of the molecule is Cc1cc(C)c([N+](=O)[O-])cc1NC(=O)n1ccnc1. The highest BCUT2D eigenvalue weighted by molar-refractivity contribution is 5.92. The van der Waals surface area contributed by atoms with Gasteiger partial charge in [0.2, 0.25) is 0 Å². The summed E-state index contributed by atoms with van der Waals surface area (Å²) in [6, 6.07) is 2.61. The molecule has 0 unspecified atom stereocenters. The fraction of sp³-hybridized carbons (Fsp3) is 0.167. The zero-order valence-electron chi connectivity index (χ0n) is 10.5. The summed E-state index contributed by atoms with van der Waals surface area (Å²) < 4.78 is 1.26. The molecule has 0 aliphatic heterocycles. The Morgan fingerprint density at radius 2 is 2.11 bits per heavy atom. The predicted octanol–water partition coefficient (Wildman–Crippen LogP) is 2.49. The molecule has 0 saturated heterocycles. The highest BCUT2D eigenvalue weighted by Gasteiger charge is 2.15. The van der Waals surface area contributed by atoms with Crippen LogP contribution in [0.4, 0.5) is 16.2 Å².